The Balaban J connectivity index is 3.81. The second-order valence-corrected chi connectivity index (χ2v) is 6.83. The Morgan fingerprint density at radius 1 is 1.25 bits per heavy atom. The van der Waals surface area contributed by atoms with Gasteiger partial charge in [-0.25, -0.2) is 4.79 Å². The highest BCUT2D eigenvalue weighted by molar-refractivity contribution is 7.93. The first kappa shape index (κ1) is 16.4. The van der Waals surface area contributed by atoms with Gasteiger partial charge in [0.15, 0.2) is 0 Å². The minimum absolute atomic E-state index is 0.372. The molecule has 0 aromatic rings. The zero-order chi connectivity index (χ0) is 15.9. The van der Waals surface area contributed by atoms with Crippen LogP contribution in [0, 0.1) is 0 Å². The normalized spacial score (nSPS) is 27.4. The van der Waals surface area contributed by atoms with Crippen LogP contribution in [-0.2, 0) is 20.2 Å². The van der Waals surface area contributed by atoms with Gasteiger partial charge in [0.2, 0.25) is 4.87 Å². The molecule has 1 rings (SSSR count). The van der Waals surface area contributed by atoms with Crippen molar-refractivity contribution in [3.63, 3.8) is 0 Å². The van der Waals surface area contributed by atoms with Crippen LogP contribution in [0.25, 0.3) is 0 Å². The minimum Gasteiger partial charge on any atom is -0.401 e. The lowest BCUT2D eigenvalue weighted by Crippen LogP contribution is -2.69. The molecule has 0 fully saturated rings. The van der Waals surface area contributed by atoms with E-state index in [0.717, 1.165) is 6.08 Å². The quantitative estimate of drug-likeness (QED) is 0.294. The molecule has 0 radical (unpaired) electrons. The van der Waals surface area contributed by atoms with E-state index in [4.69, 9.17) is 21.8 Å². The largest absolute Gasteiger partial charge is 0.401 e. The summed E-state index contributed by atoms with van der Waals surface area (Å²) in [6, 6.07) is -3.41. The van der Waals surface area contributed by atoms with Crippen molar-refractivity contribution in [3.8, 4) is 0 Å². The summed E-state index contributed by atoms with van der Waals surface area (Å²) in [6.07, 6.45) is 1.48. The predicted molar refractivity (Wildman–Crippen MR) is 66.9 cm³/mol. The van der Waals surface area contributed by atoms with E-state index in [2.05, 4.69) is 0 Å². The number of rotatable bonds is 3. The van der Waals surface area contributed by atoms with Crippen LogP contribution in [0.3, 0.4) is 0 Å². The van der Waals surface area contributed by atoms with Gasteiger partial charge in [-0.05, 0) is 12.2 Å². The van der Waals surface area contributed by atoms with Gasteiger partial charge in [-0.15, -0.1) is 0 Å². The molecule has 1 aliphatic carbocycles. The molecule has 0 saturated carbocycles. The van der Waals surface area contributed by atoms with Gasteiger partial charge < -0.3 is 22.5 Å². The van der Waals surface area contributed by atoms with Crippen LogP contribution in [-0.4, -0.2) is 42.9 Å². The Morgan fingerprint density at radius 3 is 2.10 bits per heavy atom. The summed E-state index contributed by atoms with van der Waals surface area (Å²) in [4.78, 5) is 6.56. The van der Waals surface area contributed by atoms with Crippen molar-refractivity contribution in [1.29, 1.82) is 0 Å². The van der Waals surface area contributed by atoms with Crippen molar-refractivity contribution in [3.05, 3.63) is 22.8 Å². The molecule has 1 aliphatic rings. The number of nitrogens with two attached hydrogens (primary N) is 3. The first-order chi connectivity index (χ1) is 8.84. The second-order valence-electron chi connectivity index (χ2n) is 3.85. The summed E-state index contributed by atoms with van der Waals surface area (Å²) in [6.45, 7) is 0. The van der Waals surface area contributed by atoms with Gasteiger partial charge >= 0.3 is 6.03 Å². The van der Waals surface area contributed by atoms with E-state index in [1.807, 2.05) is 0 Å². The predicted octanol–water partition coefficient (Wildman–Crippen LogP) is -2.81. The van der Waals surface area contributed by atoms with Crippen LogP contribution >= 0.6 is 0 Å². The fraction of sp³-hybridized carbons (Fsp3) is 0.286. The standard InChI is InChI=1S/C7H12N4O7S2/c8-3-1-2-4(19(13,14)15)7(5(3)9,11-6(10)12)20(16,17)18/h1-2,5H,8-9H2,(H3,10,11,12)(H,13,14,15)(H,16,17,18). The molecule has 0 heterocycles. The number of carbonyl (C=O) groups is 1. The van der Waals surface area contributed by atoms with Crippen molar-refractivity contribution in [1.82, 2.24) is 5.32 Å². The van der Waals surface area contributed by atoms with Gasteiger partial charge in [0.1, 0.15) is 4.91 Å². The van der Waals surface area contributed by atoms with Gasteiger partial charge in [-0.3, -0.25) is 9.11 Å². The van der Waals surface area contributed by atoms with Gasteiger partial charge in [-0.1, -0.05) is 0 Å². The van der Waals surface area contributed by atoms with Crippen molar-refractivity contribution in [2.75, 3.05) is 0 Å². The van der Waals surface area contributed by atoms with E-state index in [-0.39, 0.29) is 5.70 Å². The molecule has 0 saturated heterocycles. The number of hydrogen-bond donors (Lipinski definition) is 6. The Labute approximate surface area is 114 Å². The zero-order valence-corrected chi connectivity index (χ0v) is 11.3. The molecule has 0 spiro atoms. The van der Waals surface area contributed by atoms with E-state index in [1.54, 1.807) is 0 Å². The van der Waals surface area contributed by atoms with Crippen molar-refractivity contribution >= 4 is 26.3 Å². The number of primary amides is 1. The molecule has 20 heavy (non-hydrogen) atoms. The highest BCUT2D eigenvalue weighted by atomic mass is 32.2. The Kier molecular flexibility index (Phi) is 3.86. The number of hydrogen-bond acceptors (Lipinski definition) is 7. The maximum absolute atomic E-state index is 11.6. The molecule has 9 N–H and O–H groups in total. The zero-order valence-electron chi connectivity index (χ0n) is 9.72. The number of carbonyl (C=O) groups excluding carboxylic acids is 1. The maximum Gasteiger partial charge on any atom is 0.313 e. The number of nitrogens with one attached hydrogen (secondary N) is 1. The topological polar surface area (TPSA) is 216 Å². The Bertz CT molecular complexity index is 707. The monoisotopic (exact) mass is 328 g/mol. The summed E-state index contributed by atoms with van der Waals surface area (Å²) in [5, 5.41) is 1.52. The Morgan fingerprint density at radius 2 is 1.75 bits per heavy atom. The third-order valence-corrected chi connectivity index (χ3v) is 5.12. The average Bonchev–Trinajstić information content (AvgIpc) is 2.20. The number of urea groups is 1. The fourth-order valence-electron chi connectivity index (χ4n) is 1.74. The first-order valence-corrected chi connectivity index (χ1v) is 7.67. The van der Waals surface area contributed by atoms with Crippen LogP contribution in [0.15, 0.2) is 22.8 Å². The summed E-state index contributed by atoms with van der Waals surface area (Å²) in [5.74, 6) is 0. The van der Waals surface area contributed by atoms with E-state index in [9.17, 15) is 26.2 Å². The molecule has 0 aliphatic heterocycles. The summed E-state index contributed by atoms with van der Waals surface area (Å²) < 4.78 is 64.0. The molecule has 2 amide bonds. The highest BCUT2D eigenvalue weighted by Crippen LogP contribution is 2.34. The van der Waals surface area contributed by atoms with Crippen molar-refractivity contribution in [2.24, 2.45) is 17.2 Å². The van der Waals surface area contributed by atoms with Crippen LogP contribution in [0.5, 0.6) is 0 Å². The smallest absolute Gasteiger partial charge is 0.313 e. The van der Waals surface area contributed by atoms with E-state index >= 15 is 0 Å². The third kappa shape index (κ3) is 2.48. The summed E-state index contributed by atoms with van der Waals surface area (Å²) in [7, 11) is -10.5. The maximum atomic E-state index is 11.6. The molecule has 0 aromatic carbocycles. The van der Waals surface area contributed by atoms with Gasteiger partial charge in [0.25, 0.3) is 20.2 Å². The Hall–Kier alpha value is -1.67. The summed E-state index contributed by atoms with van der Waals surface area (Å²) in [5.41, 5.74) is 15.2. The lowest BCUT2D eigenvalue weighted by atomic mass is 9.99. The van der Waals surface area contributed by atoms with Crippen LogP contribution in [0.4, 0.5) is 4.79 Å². The molecule has 0 bridgehead atoms. The number of allylic oxidation sites excluding steroid dienone is 2. The molecule has 0 aromatic heterocycles. The van der Waals surface area contributed by atoms with E-state index in [1.165, 1.54) is 5.32 Å². The van der Waals surface area contributed by atoms with Crippen LogP contribution < -0.4 is 22.5 Å². The van der Waals surface area contributed by atoms with Gasteiger partial charge in [0, 0.05) is 5.70 Å². The third-order valence-electron chi connectivity index (χ3n) is 2.58. The van der Waals surface area contributed by atoms with Crippen LogP contribution in [0.1, 0.15) is 0 Å². The average molecular weight is 328 g/mol. The SMILES string of the molecule is NC(=O)NC1(S(=O)(=O)O)C(S(=O)(=O)O)=CC=C(N)C1N. The molecular weight excluding hydrogens is 316 g/mol. The molecule has 2 atom stereocenters. The van der Waals surface area contributed by atoms with Crippen molar-refractivity contribution < 1.29 is 30.7 Å². The second kappa shape index (κ2) is 4.71. The highest BCUT2D eigenvalue weighted by Gasteiger charge is 2.58. The molecular formula is C7H12N4O7S2. The van der Waals surface area contributed by atoms with Crippen molar-refractivity contribution in [2.45, 2.75) is 10.9 Å². The lowest BCUT2D eigenvalue weighted by molar-refractivity contribution is 0.241. The molecule has 11 nitrogen and oxygen atoms in total. The lowest BCUT2D eigenvalue weighted by Gasteiger charge is -2.38. The molecule has 2 unspecified atom stereocenters. The van der Waals surface area contributed by atoms with E-state index < -0.39 is 42.1 Å². The van der Waals surface area contributed by atoms with E-state index in [0.29, 0.717) is 6.08 Å². The number of amides is 2. The first-order valence-electron chi connectivity index (χ1n) is 4.79. The fourth-order valence-corrected chi connectivity index (χ4v) is 4.18. The van der Waals surface area contributed by atoms with Gasteiger partial charge in [-0.2, -0.15) is 16.8 Å². The summed E-state index contributed by atoms with van der Waals surface area (Å²) >= 11 is 0. The molecule has 114 valence electrons. The van der Waals surface area contributed by atoms with Crippen LogP contribution in [0.2, 0.25) is 0 Å². The minimum atomic E-state index is -5.36. The molecule has 13 heteroatoms. The van der Waals surface area contributed by atoms with Gasteiger partial charge in [0.05, 0.1) is 6.04 Å².